The molecule has 0 saturated carbocycles. The highest BCUT2D eigenvalue weighted by atomic mass is 35.5. The lowest BCUT2D eigenvalue weighted by Crippen LogP contribution is -2.31. The Morgan fingerprint density at radius 3 is 3.05 bits per heavy atom. The zero-order valence-corrected chi connectivity index (χ0v) is 11.7. The van der Waals surface area contributed by atoms with E-state index in [4.69, 9.17) is 21.4 Å². The number of halogens is 1. The predicted octanol–water partition coefficient (Wildman–Crippen LogP) is 1.59. The van der Waals surface area contributed by atoms with Crippen LogP contribution in [-0.2, 0) is 4.74 Å². The summed E-state index contributed by atoms with van der Waals surface area (Å²) in [6.07, 6.45) is 2.14. The van der Waals surface area contributed by atoms with Crippen LogP contribution in [0, 0.1) is 11.8 Å². The van der Waals surface area contributed by atoms with Crippen molar-refractivity contribution in [1.82, 2.24) is 5.32 Å². The molecular formula is C15H16ClNO3. The van der Waals surface area contributed by atoms with Gasteiger partial charge in [-0.2, -0.15) is 0 Å². The number of rotatable bonds is 3. The molecule has 5 heteroatoms. The second kappa shape index (κ2) is 7.30. The number of carbonyl (C=O) groups excluding carboxylic acids is 1. The average molecular weight is 294 g/mol. The maximum atomic E-state index is 12.0. The van der Waals surface area contributed by atoms with Crippen LogP contribution in [0.2, 0.25) is 5.02 Å². The predicted molar refractivity (Wildman–Crippen MR) is 76.7 cm³/mol. The highest BCUT2D eigenvalue weighted by Gasteiger charge is 2.16. The van der Waals surface area contributed by atoms with E-state index in [2.05, 4.69) is 17.2 Å². The largest absolute Gasteiger partial charge is 0.384 e. The molecule has 1 aromatic rings. The zero-order valence-electron chi connectivity index (χ0n) is 11.0. The molecule has 1 saturated heterocycles. The van der Waals surface area contributed by atoms with Crippen LogP contribution in [0.15, 0.2) is 18.2 Å². The Hall–Kier alpha value is -1.54. The fourth-order valence-corrected chi connectivity index (χ4v) is 2.23. The van der Waals surface area contributed by atoms with Crippen molar-refractivity contribution >= 4 is 17.5 Å². The van der Waals surface area contributed by atoms with Gasteiger partial charge in [0.1, 0.15) is 6.61 Å². The molecule has 20 heavy (non-hydrogen) atoms. The minimum Gasteiger partial charge on any atom is -0.384 e. The summed E-state index contributed by atoms with van der Waals surface area (Å²) in [4.78, 5) is 12.0. The lowest BCUT2D eigenvalue weighted by molar-refractivity contribution is 0.0858. The van der Waals surface area contributed by atoms with Gasteiger partial charge >= 0.3 is 0 Å². The molecule has 1 unspecified atom stereocenters. The lowest BCUT2D eigenvalue weighted by Gasteiger charge is -2.11. The van der Waals surface area contributed by atoms with Gasteiger partial charge in [0.25, 0.3) is 5.91 Å². The highest BCUT2D eigenvalue weighted by Crippen LogP contribution is 2.17. The lowest BCUT2D eigenvalue weighted by atomic mass is 10.1. The topological polar surface area (TPSA) is 58.6 Å². The van der Waals surface area contributed by atoms with E-state index in [1.54, 1.807) is 18.2 Å². The second-order valence-corrected chi connectivity index (χ2v) is 4.91. The second-order valence-electron chi connectivity index (χ2n) is 4.50. The van der Waals surface area contributed by atoms with Gasteiger partial charge in [-0.15, -0.1) is 0 Å². The van der Waals surface area contributed by atoms with E-state index in [-0.39, 0.29) is 18.6 Å². The van der Waals surface area contributed by atoms with Crippen molar-refractivity contribution in [2.45, 2.75) is 18.9 Å². The third kappa shape index (κ3) is 3.97. The summed E-state index contributed by atoms with van der Waals surface area (Å²) in [5.74, 6) is 5.07. The van der Waals surface area contributed by atoms with Crippen LogP contribution >= 0.6 is 11.6 Å². The molecule has 1 heterocycles. The molecule has 1 aliphatic rings. The van der Waals surface area contributed by atoms with Crippen LogP contribution in [0.3, 0.4) is 0 Å². The molecule has 0 aliphatic carbocycles. The summed E-state index contributed by atoms with van der Waals surface area (Å²) in [5.41, 5.74) is 1.08. The number of carbonyl (C=O) groups is 1. The zero-order chi connectivity index (χ0) is 14.4. The van der Waals surface area contributed by atoms with E-state index in [9.17, 15) is 4.79 Å². The minimum absolute atomic E-state index is 0.115. The quantitative estimate of drug-likeness (QED) is 0.832. The van der Waals surface area contributed by atoms with Gasteiger partial charge in [0.05, 0.1) is 11.1 Å². The van der Waals surface area contributed by atoms with Crippen LogP contribution in [-0.4, -0.2) is 36.9 Å². The molecule has 106 valence electrons. The minimum atomic E-state index is -0.222. The van der Waals surface area contributed by atoms with Crippen molar-refractivity contribution < 1.29 is 14.6 Å². The van der Waals surface area contributed by atoms with E-state index in [1.807, 2.05) is 0 Å². The Balaban J connectivity index is 1.97. The highest BCUT2D eigenvalue weighted by molar-refractivity contribution is 6.32. The third-order valence-electron chi connectivity index (χ3n) is 3.05. The molecule has 1 amide bonds. The Morgan fingerprint density at radius 2 is 2.40 bits per heavy atom. The first kappa shape index (κ1) is 14.9. The summed E-state index contributed by atoms with van der Waals surface area (Å²) in [7, 11) is 0. The summed E-state index contributed by atoms with van der Waals surface area (Å²) in [6, 6.07) is 4.91. The van der Waals surface area contributed by atoms with Crippen LogP contribution < -0.4 is 5.32 Å². The summed E-state index contributed by atoms with van der Waals surface area (Å²) in [5, 5.41) is 11.9. The Bertz CT molecular complexity index is 542. The number of nitrogens with one attached hydrogen (secondary N) is 1. The molecule has 0 bridgehead atoms. The van der Waals surface area contributed by atoms with Gasteiger partial charge in [-0.3, -0.25) is 4.79 Å². The maximum absolute atomic E-state index is 12.0. The van der Waals surface area contributed by atoms with E-state index in [0.717, 1.165) is 19.4 Å². The summed E-state index contributed by atoms with van der Waals surface area (Å²) < 4.78 is 5.44. The number of ether oxygens (including phenoxy) is 1. The van der Waals surface area contributed by atoms with Gasteiger partial charge in [-0.25, -0.2) is 0 Å². The first-order valence-corrected chi connectivity index (χ1v) is 6.87. The first-order valence-electron chi connectivity index (χ1n) is 6.50. The van der Waals surface area contributed by atoms with Gasteiger partial charge in [-0.05, 0) is 31.0 Å². The van der Waals surface area contributed by atoms with Gasteiger partial charge in [0.15, 0.2) is 0 Å². The molecule has 4 nitrogen and oxygen atoms in total. The molecule has 0 radical (unpaired) electrons. The van der Waals surface area contributed by atoms with Crippen LogP contribution in [0.5, 0.6) is 0 Å². The Morgan fingerprint density at radius 1 is 1.55 bits per heavy atom. The third-order valence-corrected chi connectivity index (χ3v) is 3.36. The van der Waals surface area contributed by atoms with Gasteiger partial charge < -0.3 is 15.2 Å². The number of aliphatic hydroxyl groups excluding tert-OH is 1. The molecule has 1 aliphatic heterocycles. The van der Waals surface area contributed by atoms with Crippen LogP contribution in [0.1, 0.15) is 28.8 Å². The molecular weight excluding hydrogens is 278 g/mol. The normalized spacial score (nSPS) is 17.4. The molecule has 0 spiro atoms. The van der Waals surface area contributed by atoms with Gasteiger partial charge in [-0.1, -0.05) is 23.4 Å². The molecule has 2 N–H and O–H groups in total. The number of hydrogen-bond acceptors (Lipinski definition) is 3. The molecule has 0 aromatic heterocycles. The fourth-order valence-electron chi connectivity index (χ4n) is 2.01. The Labute approximate surface area is 123 Å². The smallest absolute Gasteiger partial charge is 0.251 e. The van der Waals surface area contributed by atoms with Crippen molar-refractivity contribution in [3.8, 4) is 11.8 Å². The fraction of sp³-hybridized carbons (Fsp3) is 0.400. The standard InChI is InChI=1S/C15H16ClNO3/c16-14-9-12(6-5-11(14)3-1-7-18)15(19)17-10-13-4-2-8-20-13/h5-6,9,13,18H,2,4,7-8,10H2,(H,17,19). The van der Waals surface area contributed by atoms with Gasteiger partial charge in [0.2, 0.25) is 0 Å². The van der Waals surface area contributed by atoms with E-state index in [0.29, 0.717) is 22.7 Å². The molecule has 1 atom stereocenters. The van der Waals surface area contributed by atoms with E-state index >= 15 is 0 Å². The number of amides is 1. The van der Waals surface area contributed by atoms with Crippen molar-refractivity contribution in [1.29, 1.82) is 0 Å². The van der Waals surface area contributed by atoms with Crippen LogP contribution in [0.4, 0.5) is 0 Å². The van der Waals surface area contributed by atoms with E-state index in [1.165, 1.54) is 0 Å². The van der Waals surface area contributed by atoms with Crippen molar-refractivity contribution in [3.05, 3.63) is 34.3 Å². The molecule has 2 rings (SSSR count). The van der Waals surface area contributed by atoms with Crippen molar-refractivity contribution in [2.24, 2.45) is 0 Å². The monoisotopic (exact) mass is 293 g/mol. The number of aliphatic hydroxyl groups is 1. The SMILES string of the molecule is O=C(NCC1CCCO1)c1ccc(C#CCO)c(Cl)c1. The first-order chi connectivity index (χ1) is 9.70. The Kier molecular flexibility index (Phi) is 5.42. The molecule has 1 aromatic carbocycles. The average Bonchev–Trinajstić information content (AvgIpc) is 2.96. The molecule has 1 fully saturated rings. The number of benzene rings is 1. The van der Waals surface area contributed by atoms with Crippen molar-refractivity contribution in [3.63, 3.8) is 0 Å². The van der Waals surface area contributed by atoms with Crippen LogP contribution in [0.25, 0.3) is 0 Å². The van der Waals surface area contributed by atoms with Crippen molar-refractivity contribution in [2.75, 3.05) is 19.8 Å². The van der Waals surface area contributed by atoms with Gasteiger partial charge in [0, 0.05) is 24.3 Å². The maximum Gasteiger partial charge on any atom is 0.251 e. The van der Waals surface area contributed by atoms with E-state index < -0.39 is 0 Å². The number of hydrogen-bond donors (Lipinski definition) is 2. The summed E-state index contributed by atoms with van der Waals surface area (Å²) >= 11 is 6.05. The summed E-state index contributed by atoms with van der Waals surface area (Å²) in [6.45, 7) is 1.06.